The summed E-state index contributed by atoms with van der Waals surface area (Å²) in [7, 11) is 0. The van der Waals surface area contributed by atoms with Gasteiger partial charge in [-0.25, -0.2) is 9.78 Å². The summed E-state index contributed by atoms with van der Waals surface area (Å²) in [4.78, 5) is 66.9. The van der Waals surface area contributed by atoms with Gasteiger partial charge in [-0.05, 0) is 19.3 Å². The number of carbonyl (C=O) groups excluding carboxylic acids is 4. The number of hydrogen-bond acceptors (Lipinski definition) is 8. The van der Waals surface area contributed by atoms with Crippen molar-refractivity contribution in [2.45, 2.75) is 70.3 Å². The van der Waals surface area contributed by atoms with Gasteiger partial charge in [0.1, 0.15) is 18.1 Å². The smallest absolute Gasteiger partial charge is 0.326 e. The third-order valence-corrected chi connectivity index (χ3v) is 4.93. The average molecular weight is 484 g/mol. The van der Waals surface area contributed by atoms with Crippen LogP contribution in [0.5, 0.6) is 0 Å². The van der Waals surface area contributed by atoms with Gasteiger partial charge in [0.2, 0.25) is 23.6 Å². The Hall–Kier alpha value is -3.52. The Balaban J connectivity index is 2.86. The lowest BCUT2D eigenvalue weighted by atomic mass is 10.0. The van der Waals surface area contributed by atoms with E-state index in [-0.39, 0.29) is 19.3 Å². The molecule has 0 radical (unpaired) electrons. The average Bonchev–Trinajstić information content (AvgIpc) is 3.24. The summed E-state index contributed by atoms with van der Waals surface area (Å²) in [5, 5.41) is 26.4. The lowest BCUT2D eigenvalue weighted by Crippen LogP contribution is -2.61. The molecule has 0 aliphatic heterocycles. The highest BCUT2D eigenvalue weighted by atomic mass is 16.4. The maximum atomic E-state index is 12.8. The fourth-order valence-electron chi connectivity index (χ4n) is 2.97. The largest absolute Gasteiger partial charge is 0.480 e. The molecule has 5 unspecified atom stereocenters. The number of nitrogens with one attached hydrogen (secondary N) is 4. The third-order valence-electron chi connectivity index (χ3n) is 4.93. The van der Waals surface area contributed by atoms with E-state index in [1.165, 1.54) is 19.4 Å². The van der Waals surface area contributed by atoms with Gasteiger partial charge >= 0.3 is 5.97 Å². The molecule has 0 spiro atoms. The van der Waals surface area contributed by atoms with Gasteiger partial charge in [0.15, 0.2) is 0 Å². The summed E-state index contributed by atoms with van der Waals surface area (Å²) in [5.74, 6) is -4.97. The van der Waals surface area contributed by atoms with Gasteiger partial charge < -0.3 is 42.6 Å². The maximum Gasteiger partial charge on any atom is 0.326 e. The standard InChI is InChI=1S/C20H33N7O7/c1-9(2)15(18(31)25-13(20(33)34)4-5-14(22)29)26-19(32)16(10(3)28)27-17(30)12(21)6-11-7-23-8-24-11/h7-10,12-13,15-16,28H,4-6,21H2,1-3H3,(H2,22,29)(H,23,24)(H,25,31)(H,26,32)(H,27,30)(H,33,34). The van der Waals surface area contributed by atoms with Crippen LogP contribution in [0.3, 0.4) is 0 Å². The van der Waals surface area contributed by atoms with Gasteiger partial charge in [-0.15, -0.1) is 0 Å². The molecule has 1 aromatic rings. The van der Waals surface area contributed by atoms with E-state index >= 15 is 0 Å². The number of amides is 4. The van der Waals surface area contributed by atoms with Crippen LogP contribution in [0.4, 0.5) is 0 Å². The molecule has 34 heavy (non-hydrogen) atoms. The van der Waals surface area contributed by atoms with Crippen LogP contribution < -0.4 is 27.4 Å². The molecule has 14 heteroatoms. The highest BCUT2D eigenvalue weighted by Crippen LogP contribution is 2.07. The summed E-state index contributed by atoms with van der Waals surface area (Å²) in [6, 6.07) is -5.06. The summed E-state index contributed by atoms with van der Waals surface area (Å²) < 4.78 is 0. The van der Waals surface area contributed by atoms with Crippen LogP contribution in [-0.2, 0) is 30.4 Å². The summed E-state index contributed by atoms with van der Waals surface area (Å²) in [6.45, 7) is 4.50. The number of nitrogens with two attached hydrogens (primary N) is 2. The zero-order chi connectivity index (χ0) is 26.0. The molecular weight excluding hydrogens is 450 g/mol. The van der Waals surface area contributed by atoms with Gasteiger partial charge in [-0.2, -0.15) is 0 Å². The number of carboxylic acid groups (broad SMARTS) is 1. The highest BCUT2D eigenvalue weighted by Gasteiger charge is 2.33. The third kappa shape index (κ3) is 9.15. The number of H-pyrrole nitrogens is 1. The summed E-state index contributed by atoms with van der Waals surface area (Å²) in [5.41, 5.74) is 11.5. The van der Waals surface area contributed by atoms with Crippen LogP contribution in [0.2, 0.25) is 0 Å². The van der Waals surface area contributed by atoms with Gasteiger partial charge in [0, 0.05) is 24.7 Å². The van der Waals surface area contributed by atoms with Crippen molar-refractivity contribution in [3.8, 4) is 0 Å². The van der Waals surface area contributed by atoms with Crippen molar-refractivity contribution in [2.24, 2.45) is 17.4 Å². The van der Waals surface area contributed by atoms with E-state index in [1.54, 1.807) is 13.8 Å². The Morgan fingerprint density at radius 1 is 1.03 bits per heavy atom. The van der Waals surface area contributed by atoms with Gasteiger partial charge in [-0.3, -0.25) is 19.2 Å². The predicted octanol–water partition coefficient (Wildman–Crippen LogP) is -2.88. The number of aliphatic carboxylic acids is 1. The number of carbonyl (C=O) groups is 5. The maximum absolute atomic E-state index is 12.8. The molecule has 0 fully saturated rings. The number of imidazole rings is 1. The monoisotopic (exact) mass is 483 g/mol. The van der Waals surface area contributed by atoms with Crippen molar-refractivity contribution >= 4 is 29.6 Å². The Kier molecular flexibility index (Phi) is 11.1. The van der Waals surface area contributed by atoms with E-state index in [2.05, 4.69) is 25.9 Å². The Labute approximate surface area is 196 Å². The zero-order valence-electron chi connectivity index (χ0n) is 19.3. The van der Waals surface area contributed by atoms with E-state index in [4.69, 9.17) is 11.5 Å². The van der Waals surface area contributed by atoms with Crippen LogP contribution >= 0.6 is 0 Å². The van der Waals surface area contributed by atoms with Crippen LogP contribution in [-0.4, -0.2) is 80.1 Å². The second kappa shape index (κ2) is 13.3. The minimum Gasteiger partial charge on any atom is -0.480 e. The number of aliphatic hydroxyl groups is 1. The fraction of sp³-hybridized carbons (Fsp3) is 0.600. The number of hydrogen-bond donors (Lipinski definition) is 8. The van der Waals surface area contributed by atoms with Crippen LogP contribution in [0, 0.1) is 5.92 Å². The van der Waals surface area contributed by atoms with E-state index in [0.717, 1.165) is 0 Å². The molecule has 4 amide bonds. The molecule has 0 saturated carbocycles. The normalized spacial score (nSPS) is 15.5. The molecule has 1 heterocycles. The van der Waals surface area contributed by atoms with Crippen molar-refractivity contribution in [3.63, 3.8) is 0 Å². The zero-order valence-corrected chi connectivity index (χ0v) is 19.3. The van der Waals surface area contributed by atoms with E-state index in [1.807, 2.05) is 0 Å². The Bertz CT molecular complexity index is 857. The van der Waals surface area contributed by atoms with Crippen LogP contribution in [0.1, 0.15) is 39.3 Å². The number of aromatic amines is 1. The molecule has 1 aromatic heterocycles. The van der Waals surface area contributed by atoms with Crippen molar-refractivity contribution in [2.75, 3.05) is 0 Å². The fourth-order valence-corrected chi connectivity index (χ4v) is 2.97. The molecule has 10 N–H and O–H groups in total. The minimum atomic E-state index is -1.43. The lowest BCUT2D eigenvalue weighted by molar-refractivity contribution is -0.143. The van der Waals surface area contributed by atoms with E-state index in [0.29, 0.717) is 5.69 Å². The van der Waals surface area contributed by atoms with Gasteiger partial charge in [-0.1, -0.05) is 13.8 Å². The SMILES string of the molecule is CC(C)C(NC(=O)C(NC(=O)C(N)Cc1cnc[nH]1)C(C)O)C(=O)NC(CCC(N)=O)C(=O)O. The topological polar surface area (TPSA) is 243 Å². The number of carboxylic acids is 1. The first-order valence-electron chi connectivity index (χ1n) is 10.7. The van der Waals surface area contributed by atoms with Gasteiger partial charge in [0.25, 0.3) is 0 Å². The minimum absolute atomic E-state index is 0.110. The molecule has 190 valence electrons. The van der Waals surface area contributed by atoms with Crippen molar-refractivity contribution in [1.29, 1.82) is 0 Å². The number of nitrogens with zero attached hydrogens (tertiary/aromatic N) is 1. The van der Waals surface area contributed by atoms with Crippen molar-refractivity contribution in [1.82, 2.24) is 25.9 Å². The molecular formula is C20H33N7O7. The lowest BCUT2D eigenvalue weighted by Gasteiger charge is -2.28. The molecule has 0 aliphatic rings. The van der Waals surface area contributed by atoms with E-state index < -0.39 is 65.8 Å². The van der Waals surface area contributed by atoms with Gasteiger partial charge in [0.05, 0.1) is 18.5 Å². The molecule has 14 nitrogen and oxygen atoms in total. The van der Waals surface area contributed by atoms with E-state index in [9.17, 15) is 34.2 Å². The summed E-state index contributed by atoms with van der Waals surface area (Å²) >= 11 is 0. The Morgan fingerprint density at radius 2 is 1.62 bits per heavy atom. The quantitative estimate of drug-likeness (QED) is 0.135. The number of rotatable bonds is 14. The molecule has 0 bridgehead atoms. The molecule has 0 saturated heterocycles. The molecule has 1 rings (SSSR count). The Morgan fingerprint density at radius 3 is 2.09 bits per heavy atom. The first kappa shape index (κ1) is 28.5. The molecule has 5 atom stereocenters. The first-order valence-corrected chi connectivity index (χ1v) is 10.7. The molecule has 0 aliphatic carbocycles. The first-order chi connectivity index (χ1) is 15.8. The number of aliphatic hydroxyl groups excluding tert-OH is 1. The summed E-state index contributed by atoms with van der Waals surface area (Å²) in [6.07, 6.45) is 1.21. The number of primary amides is 1. The van der Waals surface area contributed by atoms with Crippen molar-refractivity contribution < 1.29 is 34.2 Å². The highest BCUT2D eigenvalue weighted by molar-refractivity contribution is 5.94. The number of aromatic nitrogens is 2. The van der Waals surface area contributed by atoms with Crippen LogP contribution in [0.25, 0.3) is 0 Å². The van der Waals surface area contributed by atoms with Crippen LogP contribution in [0.15, 0.2) is 12.5 Å². The molecule has 0 aromatic carbocycles. The van der Waals surface area contributed by atoms with Crippen molar-refractivity contribution in [3.05, 3.63) is 18.2 Å². The second-order valence-electron chi connectivity index (χ2n) is 8.25. The predicted molar refractivity (Wildman–Crippen MR) is 119 cm³/mol. The second-order valence-corrected chi connectivity index (χ2v) is 8.25.